The van der Waals surface area contributed by atoms with Crippen molar-refractivity contribution in [3.63, 3.8) is 0 Å². The van der Waals surface area contributed by atoms with Crippen LogP contribution in [0.1, 0.15) is 278 Å². The van der Waals surface area contributed by atoms with E-state index in [1.54, 1.807) is 0 Å². The number of unbranched alkanes of at least 4 members (excludes halogenated alkanes) is 26. The van der Waals surface area contributed by atoms with Gasteiger partial charge in [0.25, 0.3) is 0 Å². The van der Waals surface area contributed by atoms with Crippen LogP contribution < -0.4 is 0 Å². The van der Waals surface area contributed by atoms with Gasteiger partial charge in [-0.2, -0.15) is 0 Å². The summed E-state index contributed by atoms with van der Waals surface area (Å²) in [4.78, 5) is 38.1. The highest BCUT2D eigenvalue weighted by Crippen LogP contribution is 2.15. The predicted molar refractivity (Wildman–Crippen MR) is 307 cm³/mol. The number of hydrogen-bond donors (Lipinski definition) is 0. The molecule has 0 heterocycles. The molecular weight excluding hydrogens is 877 g/mol. The number of hydrogen-bond acceptors (Lipinski definition) is 6. The van der Waals surface area contributed by atoms with Gasteiger partial charge < -0.3 is 14.2 Å². The van der Waals surface area contributed by atoms with E-state index in [9.17, 15) is 14.4 Å². The molecule has 0 rings (SSSR count). The van der Waals surface area contributed by atoms with E-state index in [-0.39, 0.29) is 44.0 Å². The molecule has 0 aliphatic heterocycles. The molecule has 0 saturated heterocycles. The summed E-state index contributed by atoms with van der Waals surface area (Å²) in [6, 6.07) is 0. The lowest BCUT2D eigenvalue weighted by atomic mass is 10.0. The number of rotatable bonds is 53. The Morgan fingerprint density at radius 1 is 0.282 bits per heavy atom. The van der Waals surface area contributed by atoms with Crippen molar-refractivity contribution in [3.8, 4) is 0 Å². The van der Waals surface area contributed by atoms with Crippen LogP contribution in [-0.4, -0.2) is 37.2 Å². The van der Waals surface area contributed by atoms with Crippen molar-refractivity contribution in [2.24, 2.45) is 0 Å². The highest BCUT2D eigenvalue weighted by atomic mass is 16.6. The SMILES string of the molecule is CCCCC/C=C\C/C=C\C/C=C\C/C=C\C/C=C\CCC(=O)OC[C@H](COC(=O)CCC/C=C\C/C=C\C/C=C\CCCCCCCC)OC(=O)CCCCCCCCCCCCCCCCCCC. The van der Waals surface area contributed by atoms with Crippen molar-refractivity contribution in [2.75, 3.05) is 13.2 Å². The van der Waals surface area contributed by atoms with E-state index in [0.29, 0.717) is 19.3 Å². The van der Waals surface area contributed by atoms with Crippen LogP contribution in [0.15, 0.2) is 97.2 Å². The zero-order valence-electron chi connectivity index (χ0n) is 46.5. The van der Waals surface area contributed by atoms with E-state index in [2.05, 4.69) is 112 Å². The van der Waals surface area contributed by atoms with Crippen molar-refractivity contribution in [1.29, 1.82) is 0 Å². The molecule has 0 N–H and O–H groups in total. The first-order valence-electron chi connectivity index (χ1n) is 29.7. The Morgan fingerprint density at radius 3 is 0.944 bits per heavy atom. The molecule has 0 aromatic rings. The first kappa shape index (κ1) is 67.3. The van der Waals surface area contributed by atoms with Gasteiger partial charge in [-0.15, -0.1) is 0 Å². The lowest BCUT2D eigenvalue weighted by Gasteiger charge is -2.18. The maximum absolute atomic E-state index is 12.9. The van der Waals surface area contributed by atoms with Gasteiger partial charge in [0.15, 0.2) is 6.10 Å². The molecule has 0 saturated carbocycles. The minimum atomic E-state index is -0.828. The van der Waals surface area contributed by atoms with Gasteiger partial charge in [-0.25, -0.2) is 0 Å². The maximum Gasteiger partial charge on any atom is 0.306 e. The molecule has 0 spiro atoms. The molecule has 1 atom stereocenters. The number of carbonyl (C=O) groups is 3. The van der Waals surface area contributed by atoms with Gasteiger partial charge in [0.2, 0.25) is 0 Å². The van der Waals surface area contributed by atoms with Crippen LogP contribution in [0.3, 0.4) is 0 Å². The number of carbonyl (C=O) groups excluding carboxylic acids is 3. The fourth-order valence-corrected chi connectivity index (χ4v) is 8.09. The standard InChI is InChI=1S/C65H110O6/c1-4-7-10-13-16-19-22-25-28-31-32-35-37-40-43-46-49-52-55-58-64(67)70-61-62(71-65(68)59-56-53-50-47-44-41-38-34-30-27-24-21-18-15-12-9-6-3)60-69-63(66)57-54-51-48-45-42-39-36-33-29-26-23-20-17-14-11-8-5-2/h16,19,25-26,28-29,32,35-36,39-40,43,45,48-49,52,62H,4-15,17-18,20-24,27,30-31,33-34,37-38,41-42,44,46-47,50-51,53-61H2,1-3H3/b19-16-,28-25-,29-26-,35-32-,39-36-,43-40-,48-45-,52-49-/t62-/m0/s1. The summed E-state index contributed by atoms with van der Waals surface area (Å²) in [5, 5.41) is 0. The van der Waals surface area contributed by atoms with Crippen LogP contribution >= 0.6 is 0 Å². The van der Waals surface area contributed by atoms with Crippen LogP contribution in [-0.2, 0) is 28.6 Å². The van der Waals surface area contributed by atoms with Crippen molar-refractivity contribution in [2.45, 2.75) is 284 Å². The molecule has 6 nitrogen and oxygen atoms in total. The summed E-state index contributed by atoms with van der Waals surface area (Å²) in [7, 11) is 0. The number of allylic oxidation sites excluding steroid dienone is 16. The fraction of sp³-hybridized carbons (Fsp3) is 0.708. The van der Waals surface area contributed by atoms with Crippen LogP contribution in [0.4, 0.5) is 0 Å². The molecule has 0 bridgehead atoms. The zero-order valence-corrected chi connectivity index (χ0v) is 46.5. The average molecular weight is 988 g/mol. The van der Waals surface area contributed by atoms with E-state index in [0.717, 1.165) is 64.2 Å². The van der Waals surface area contributed by atoms with E-state index >= 15 is 0 Å². The Kier molecular flexibility index (Phi) is 55.9. The Labute approximate surface area is 438 Å². The third-order valence-electron chi connectivity index (χ3n) is 12.6. The number of esters is 3. The smallest absolute Gasteiger partial charge is 0.306 e. The zero-order chi connectivity index (χ0) is 51.4. The molecule has 0 unspecified atom stereocenters. The second-order valence-electron chi connectivity index (χ2n) is 19.6. The first-order valence-corrected chi connectivity index (χ1v) is 29.7. The molecular formula is C65H110O6. The van der Waals surface area contributed by atoms with Gasteiger partial charge in [0.1, 0.15) is 13.2 Å². The van der Waals surface area contributed by atoms with Gasteiger partial charge in [0, 0.05) is 19.3 Å². The monoisotopic (exact) mass is 987 g/mol. The summed E-state index contributed by atoms with van der Waals surface area (Å²) in [5.74, 6) is -1.05. The summed E-state index contributed by atoms with van der Waals surface area (Å²) in [6.45, 7) is 6.52. The maximum atomic E-state index is 12.9. The molecule has 0 amide bonds. The summed E-state index contributed by atoms with van der Waals surface area (Å²) < 4.78 is 16.8. The first-order chi connectivity index (χ1) is 35.0. The largest absolute Gasteiger partial charge is 0.462 e. The fourth-order valence-electron chi connectivity index (χ4n) is 8.09. The van der Waals surface area contributed by atoms with E-state index in [1.165, 1.54) is 161 Å². The Bertz CT molecular complexity index is 1410. The van der Waals surface area contributed by atoms with Gasteiger partial charge in [-0.3, -0.25) is 14.4 Å². The lowest BCUT2D eigenvalue weighted by molar-refractivity contribution is -0.166. The molecule has 6 heteroatoms. The number of ether oxygens (including phenoxy) is 3. The van der Waals surface area contributed by atoms with Crippen LogP contribution in [0.5, 0.6) is 0 Å². The summed E-state index contributed by atoms with van der Waals surface area (Å²) in [5.41, 5.74) is 0. The van der Waals surface area contributed by atoms with Crippen molar-refractivity contribution in [1.82, 2.24) is 0 Å². The van der Waals surface area contributed by atoms with Crippen molar-refractivity contribution >= 4 is 17.9 Å². The Balaban J connectivity index is 4.55. The molecule has 0 radical (unpaired) electrons. The Hall–Kier alpha value is -3.67. The van der Waals surface area contributed by atoms with Crippen LogP contribution in [0, 0.1) is 0 Å². The van der Waals surface area contributed by atoms with E-state index < -0.39 is 6.10 Å². The molecule has 0 aliphatic carbocycles. The minimum absolute atomic E-state index is 0.125. The third-order valence-corrected chi connectivity index (χ3v) is 12.6. The van der Waals surface area contributed by atoms with Crippen molar-refractivity contribution < 1.29 is 28.6 Å². The van der Waals surface area contributed by atoms with Crippen LogP contribution in [0.2, 0.25) is 0 Å². The van der Waals surface area contributed by atoms with Crippen molar-refractivity contribution in [3.05, 3.63) is 97.2 Å². The Morgan fingerprint density at radius 2 is 0.549 bits per heavy atom. The second-order valence-corrected chi connectivity index (χ2v) is 19.6. The highest BCUT2D eigenvalue weighted by Gasteiger charge is 2.19. The molecule has 0 aromatic carbocycles. The molecule has 0 aromatic heterocycles. The molecule has 71 heavy (non-hydrogen) atoms. The summed E-state index contributed by atoms with van der Waals surface area (Å²) >= 11 is 0. The van der Waals surface area contributed by atoms with Gasteiger partial charge >= 0.3 is 17.9 Å². The topological polar surface area (TPSA) is 78.9 Å². The third kappa shape index (κ3) is 57.1. The minimum Gasteiger partial charge on any atom is -0.462 e. The van der Waals surface area contributed by atoms with E-state index in [4.69, 9.17) is 14.2 Å². The molecule has 0 aliphatic rings. The van der Waals surface area contributed by atoms with Gasteiger partial charge in [-0.1, -0.05) is 266 Å². The quantitative estimate of drug-likeness (QED) is 0.0261. The summed E-state index contributed by atoms with van der Waals surface area (Å²) in [6.07, 6.45) is 78.5. The highest BCUT2D eigenvalue weighted by molar-refractivity contribution is 5.71. The average Bonchev–Trinajstić information content (AvgIpc) is 3.37. The normalized spacial score (nSPS) is 12.8. The lowest BCUT2D eigenvalue weighted by Crippen LogP contribution is -2.30. The molecule has 406 valence electrons. The van der Waals surface area contributed by atoms with Gasteiger partial charge in [-0.05, 0) is 89.9 Å². The van der Waals surface area contributed by atoms with Crippen LogP contribution in [0.25, 0.3) is 0 Å². The van der Waals surface area contributed by atoms with E-state index in [1.807, 2.05) is 6.08 Å². The molecule has 0 fully saturated rings. The predicted octanol–water partition coefficient (Wildman–Crippen LogP) is 20.1. The van der Waals surface area contributed by atoms with Gasteiger partial charge in [0.05, 0.1) is 0 Å². The second kappa shape index (κ2) is 58.9.